The van der Waals surface area contributed by atoms with E-state index in [9.17, 15) is 4.79 Å². The average Bonchev–Trinajstić information content (AvgIpc) is 3.05. The molecule has 1 saturated heterocycles. The van der Waals surface area contributed by atoms with E-state index in [1.165, 1.54) is 16.7 Å². The molecule has 0 saturated carbocycles. The SMILES string of the molecule is C=CCN1C(=O)/C(=C/c2ccc(OCCOc3cccc(OC)c3)c(OC)c2)SC1=S. The van der Waals surface area contributed by atoms with Crippen LogP contribution in [0.15, 0.2) is 60.0 Å². The van der Waals surface area contributed by atoms with E-state index in [-0.39, 0.29) is 5.91 Å². The quantitative estimate of drug-likeness (QED) is 0.225. The van der Waals surface area contributed by atoms with Gasteiger partial charge in [-0.2, -0.15) is 0 Å². The molecule has 0 spiro atoms. The molecule has 3 rings (SSSR count). The number of hydrogen-bond acceptors (Lipinski definition) is 7. The van der Waals surface area contributed by atoms with Crippen LogP contribution in [-0.2, 0) is 4.79 Å². The Morgan fingerprint density at radius 1 is 1.03 bits per heavy atom. The van der Waals surface area contributed by atoms with E-state index in [1.807, 2.05) is 36.4 Å². The average molecular weight is 458 g/mol. The molecule has 1 heterocycles. The van der Waals surface area contributed by atoms with Crippen molar-refractivity contribution < 1.29 is 23.7 Å². The summed E-state index contributed by atoms with van der Waals surface area (Å²) in [6.07, 6.45) is 3.45. The summed E-state index contributed by atoms with van der Waals surface area (Å²) in [6, 6.07) is 12.9. The van der Waals surface area contributed by atoms with Crippen LogP contribution in [0.25, 0.3) is 6.08 Å². The minimum atomic E-state index is -0.121. The summed E-state index contributed by atoms with van der Waals surface area (Å²) in [6.45, 7) is 4.77. The molecule has 1 amide bonds. The molecule has 162 valence electrons. The van der Waals surface area contributed by atoms with Crippen molar-refractivity contribution in [2.45, 2.75) is 0 Å². The van der Waals surface area contributed by atoms with Crippen LogP contribution in [0.5, 0.6) is 23.0 Å². The maximum absolute atomic E-state index is 12.5. The summed E-state index contributed by atoms with van der Waals surface area (Å²) in [5.41, 5.74) is 0.816. The summed E-state index contributed by atoms with van der Waals surface area (Å²) >= 11 is 6.55. The van der Waals surface area contributed by atoms with Gasteiger partial charge in [0, 0.05) is 12.6 Å². The van der Waals surface area contributed by atoms with E-state index in [0.29, 0.717) is 46.2 Å². The van der Waals surface area contributed by atoms with E-state index in [4.69, 9.17) is 31.2 Å². The standard InChI is InChI=1S/C23H23NO5S2/c1-4-10-24-22(25)21(31-23(24)30)14-16-8-9-19(20(13-16)27-3)29-12-11-28-18-7-5-6-17(15-18)26-2/h4-9,13-15H,1,10-12H2,2-3H3/b21-14-. The fourth-order valence-corrected chi connectivity index (χ4v) is 4.11. The molecule has 0 aliphatic carbocycles. The Hall–Kier alpha value is -2.97. The van der Waals surface area contributed by atoms with Gasteiger partial charge in [0.15, 0.2) is 11.5 Å². The van der Waals surface area contributed by atoms with E-state index in [1.54, 1.807) is 32.4 Å². The third kappa shape index (κ3) is 5.80. The Kier molecular flexibility index (Phi) is 7.97. The zero-order valence-corrected chi connectivity index (χ0v) is 19.0. The highest BCUT2D eigenvalue weighted by molar-refractivity contribution is 8.26. The topological polar surface area (TPSA) is 57.2 Å². The molecule has 6 nitrogen and oxygen atoms in total. The first kappa shape index (κ1) is 22.7. The highest BCUT2D eigenvalue weighted by Crippen LogP contribution is 2.34. The van der Waals surface area contributed by atoms with Crippen LogP contribution < -0.4 is 18.9 Å². The second-order valence-electron chi connectivity index (χ2n) is 6.37. The Balaban J connectivity index is 1.61. The lowest BCUT2D eigenvalue weighted by Gasteiger charge is -2.12. The van der Waals surface area contributed by atoms with Crippen molar-refractivity contribution >= 4 is 40.3 Å². The number of benzene rings is 2. The lowest BCUT2D eigenvalue weighted by atomic mass is 10.2. The third-order valence-corrected chi connectivity index (χ3v) is 5.70. The smallest absolute Gasteiger partial charge is 0.266 e. The second kappa shape index (κ2) is 10.9. The Morgan fingerprint density at radius 2 is 1.81 bits per heavy atom. The monoisotopic (exact) mass is 457 g/mol. The Morgan fingerprint density at radius 3 is 2.55 bits per heavy atom. The molecule has 0 unspecified atom stereocenters. The van der Waals surface area contributed by atoms with Crippen molar-refractivity contribution in [3.05, 3.63) is 65.6 Å². The molecule has 1 aliphatic rings. The minimum absolute atomic E-state index is 0.121. The zero-order valence-electron chi connectivity index (χ0n) is 17.3. The molecule has 31 heavy (non-hydrogen) atoms. The number of nitrogens with zero attached hydrogens (tertiary/aromatic N) is 1. The predicted molar refractivity (Wildman–Crippen MR) is 127 cm³/mol. The molecule has 8 heteroatoms. The Labute approximate surface area is 191 Å². The van der Waals surface area contributed by atoms with Crippen molar-refractivity contribution in [1.29, 1.82) is 0 Å². The summed E-state index contributed by atoms with van der Waals surface area (Å²) in [7, 11) is 3.18. The number of thioether (sulfide) groups is 1. The van der Waals surface area contributed by atoms with E-state index >= 15 is 0 Å². The molecule has 0 radical (unpaired) electrons. The lowest BCUT2D eigenvalue weighted by Crippen LogP contribution is -2.27. The summed E-state index contributed by atoms with van der Waals surface area (Å²) in [5, 5.41) is 0. The molecule has 0 bridgehead atoms. The summed E-state index contributed by atoms with van der Waals surface area (Å²) in [5.74, 6) is 2.48. The van der Waals surface area contributed by atoms with Crippen LogP contribution >= 0.6 is 24.0 Å². The minimum Gasteiger partial charge on any atom is -0.497 e. The summed E-state index contributed by atoms with van der Waals surface area (Å²) < 4.78 is 22.7. The number of amides is 1. The van der Waals surface area contributed by atoms with E-state index in [0.717, 1.165) is 11.3 Å². The fraction of sp³-hybridized carbons (Fsp3) is 0.217. The van der Waals surface area contributed by atoms with E-state index in [2.05, 4.69) is 6.58 Å². The van der Waals surface area contributed by atoms with Gasteiger partial charge in [-0.1, -0.05) is 42.2 Å². The maximum Gasteiger partial charge on any atom is 0.266 e. The van der Waals surface area contributed by atoms with Gasteiger partial charge in [-0.25, -0.2) is 0 Å². The van der Waals surface area contributed by atoms with Crippen molar-refractivity contribution in [1.82, 2.24) is 4.90 Å². The van der Waals surface area contributed by atoms with Gasteiger partial charge < -0.3 is 18.9 Å². The van der Waals surface area contributed by atoms with Crippen LogP contribution in [0.3, 0.4) is 0 Å². The number of methoxy groups -OCH3 is 2. The fourth-order valence-electron chi connectivity index (χ4n) is 2.83. The van der Waals surface area contributed by atoms with Crippen LogP contribution in [0.2, 0.25) is 0 Å². The molecule has 2 aromatic rings. The molecule has 2 aromatic carbocycles. The first-order valence-electron chi connectivity index (χ1n) is 9.49. The molecule has 0 atom stereocenters. The van der Waals surface area contributed by atoms with Crippen molar-refractivity contribution in [3.63, 3.8) is 0 Å². The van der Waals surface area contributed by atoms with Crippen molar-refractivity contribution in [2.24, 2.45) is 0 Å². The third-order valence-electron chi connectivity index (χ3n) is 4.32. The van der Waals surface area contributed by atoms with Gasteiger partial charge >= 0.3 is 0 Å². The molecular formula is C23H23NO5S2. The highest BCUT2D eigenvalue weighted by atomic mass is 32.2. The number of carbonyl (C=O) groups is 1. The molecule has 1 fully saturated rings. The normalized spacial score (nSPS) is 14.6. The molecular weight excluding hydrogens is 434 g/mol. The van der Waals surface area contributed by atoms with Gasteiger partial charge in [0.1, 0.15) is 29.0 Å². The van der Waals surface area contributed by atoms with Gasteiger partial charge in [-0.3, -0.25) is 9.69 Å². The molecule has 1 aliphatic heterocycles. The number of carbonyl (C=O) groups excluding carboxylic acids is 1. The molecule has 0 aromatic heterocycles. The zero-order chi connectivity index (χ0) is 22.2. The Bertz CT molecular complexity index is 1010. The molecule has 0 N–H and O–H groups in total. The van der Waals surface area contributed by atoms with Crippen LogP contribution in [0, 0.1) is 0 Å². The lowest BCUT2D eigenvalue weighted by molar-refractivity contribution is -0.121. The first-order chi connectivity index (χ1) is 15.0. The highest BCUT2D eigenvalue weighted by Gasteiger charge is 2.30. The second-order valence-corrected chi connectivity index (χ2v) is 8.04. The van der Waals surface area contributed by atoms with Crippen molar-refractivity contribution in [2.75, 3.05) is 34.0 Å². The van der Waals surface area contributed by atoms with Gasteiger partial charge in [-0.05, 0) is 35.9 Å². The van der Waals surface area contributed by atoms with E-state index < -0.39 is 0 Å². The van der Waals surface area contributed by atoms with Gasteiger partial charge in [0.05, 0.1) is 19.1 Å². The van der Waals surface area contributed by atoms with Crippen molar-refractivity contribution in [3.8, 4) is 23.0 Å². The number of rotatable bonds is 10. The van der Waals surface area contributed by atoms with Gasteiger partial charge in [-0.15, -0.1) is 6.58 Å². The number of thiocarbonyl (C=S) groups is 1. The van der Waals surface area contributed by atoms with Gasteiger partial charge in [0.2, 0.25) is 0 Å². The predicted octanol–water partition coefficient (Wildman–Crippen LogP) is 4.55. The number of hydrogen-bond donors (Lipinski definition) is 0. The largest absolute Gasteiger partial charge is 0.497 e. The number of ether oxygens (including phenoxy) is 4. The van der Waals surface area contributed by atoms with Crippen LogP contribution in [-0.4, -0.2) is 49.1 Å². The van der Waals surface area contributed by atoms with Gasteiger partial charge in [0.25, 0.3) is 5.91 Å². The summed E-state index contributed by atoms with van der Waals surface area (Å²) in [4.78, 5) is 14.6. The maximum atomic E-state index is 12.5. The van der Waals surface area contributed by atoms with Crippen LogP contribution in [0.1, 0.15) is 5.56 Å². The van der Waals surface area contributed by atoms with Crippen LogP contribution in [0.4, 0.5) is 0 Å². The first-order valence-corrected chi connectivity index (χ1v) is 10.7.